The van der Waals surface area contributed by atoms with Crippen molar-refractivity contribution in [3.63, 3.8) is 0 Å². The van der Waals surface area contributed by atoms with Crippen LogP contribution in [0.2, 0.25) is 0 Å². The first-order valence-corrected chi connectivity index (χ1v) is 10.2. The maximum Gasteiger partial charge on any atom is 0.343 e. The standard InChI is InChI=1S/C22H17N5O3S/c1-2-30-22(29)17-18(24)15(12-23)19(14-5-9-26-10-6-14)27-20(28)16(31-21(17)27)11-13-3-7-25-8-4-13/h3-11,19H,2,24H2,1H3/b16-11+/t19-/m1/s1. The highest BCUT2D eigenvalue weighted by Gasteiger charge is 2.34. The van der Waals surface area contributed by atoms with E-state index >= 15 is 0 Å². The van der Waals surface area contributed by atoms with Crippen LogP contribution in [0.4, 0.5) is 0 Å². The first-order chi connectivity index (χ1) is 15.1. The van der Waals surface area contributed by atoms with Gasteiger partial charge in [-0.05, 0) is 48.4 Å². The molecule has 1 aliphatic rings. The third kappa shape index (κ3) is 3.53. The molecule has 0 fully saturated rings. The molecule has 0 saturated carbocycles. The second-order valence-electron chi connectivity index (χ2n) is 6.59. The second kappa shape index (κ2) is 8.38. The summed E-state index contributed by atoms with van der Waals surface area (Å²) in [6.45, 7) is 1.81. The Morgan fingerprint density at radius 2 is 1.90 bits per heavy atom. The Morgan fingerprint density at radius 1 is 1.26 bits per heavy atom. The van der Waals surface area contributed by atoms with E-state index in [2.05, 4.69) is 16.0 Å². The molecule has 0 unspecified atom stereocenters. The average molecular weight is 431 g/mol. The van der Waals surface area contributed by atoms with Crippen LogP contribution >= 0.6 is 11.3 Å². The summed E-state index contributed by atoms with van der Waals surface area (Å²) in [5.74, 6) is -0.675. The number of fused-ring (bicyclic) bond motifs is 1. The number of ether oxygens (including phenoxy) is 1. The number of thiazole rings is 1. The molecular weight excluding hydrogens is 414 g/mol. The smallest absolute Gasteiger partial charge is 0.343 e. The van der Waals surface area contributed by atoms with Crippen LogP contribution in [0.15, 0.2) is 65.1 Å². The number of hydrogen-bond acceptors (Lipinski definition) is 8. The predicted molar refractivity (Wildman–Crippen MR) is 115 cm³/mol. The number of nitrogens with zero attached hydrogens (tertiary/aromatic N) is 4. The lowest BCUT2D eigenvalue weighted by atomic mass is 9.93. The van der Waals surface area contributed by atoms with Crippen LogP contribution in [0, 0.1) is 11.3 Å². The summed E-state index contributed by atoms with van der Waals surface area (Å²) in [7, 11) is 0. The van der Waals surface area contributed by atoms with Crippen molar-refractivity contribution < 1.29 is 9.53 Å². The van der Waals surface area contributed by atoms with Crippen LogP contribution < -0.4 is 20.5 Å². The Balaban J connectivity index is 2.10. The predicted octanol–water partition coefficient (Wildman–Crippen LogP) is 0.582. The number of hydrogen-bond donors (Lipinski definition) is 1. The van der Waals surface area contributed by atoms with Crippen LogP contribution in [-0.4, -0.2) is 27.1 Å². The maximum absolute atomic E-state index is 13.5. The third-order valence-electron chi connectivity index (χ3n) is 4.79. The van der Waals surface area contributed by atoms with Gasteiger partial charge in [0.15, 0.2) is 0 Å². The molecule has 0 aromatic carbocycles. The molecule has 0 spiro atoms. The summed E-state index contributed by atoms with van der Waals surface area (Å²) in [6.07, 6.45) is 8.12. The summed E-state index contributed by atoms with van der Waals surface area (Å²) in [5.41, 5.74) is 7.56. The van der Waals surface area contributed by atoms with E-state index in [1.807, 2.05) is 0 Å². The Kier molecular flexibility index (Phi) is 5.47. The zero-order valence-electron chi connectivity index (χ0n) is 16.5. The van der Waals surface area contributed by atoms with Crippen molar-refractivity contribution >= 4 is 29.0 Å². The number of carbonyl (C=O) groups is 1. The third-order valence-corrected chi connectivity index (χ3v) is 5.89. The van der Waals surface area contributed by atoms with Crippen molar-refractivity contribution in [2.75, 3.05) is 6.61 Å². The number of esters is 1. The zero-order chi connectivity index (χ0) is 22.0. The molecule has 0 radical (unpaired) electrons. The molecule has 0 bridgehead atoms. The molecule has 1 aliphatic heterocycles. The minimum Gasteiger partial charge on any atom is -0.462 e. The van der Waals surface area contributed by atoms with Gasteiger partial charge >= 0.3 is 5.97 Å². The van der Waals surface area contributed by atoms with Crippen molar-refractivity contribution in [1.82, 2.24) is 14.5 Å². The Hall–Kier alpha value is -4.03. The van der Waals surface area contributed by atoms with Gasteiger partial charge in [0.2, 0.25) is 0 Å². The molecule has 0 amide bonds. The lowest BCUT2D eigenvalue weighted by molar-refractivity contribution is -0.136. The van der Waals surface area contributed by atoms with Crippen LogP contribution in [0.1, 0.15) is 24.1 Å². The summed E-state index contributed by atoms with van der Waals surface area (Å²) >= 11 is 1.13. The van der Waals surface area contributed by atoms with Gasteiger partial charge < -0.3 is 10.5 Å². The summed E-state index contributed by atoms with van der Waals surface area (Å²) in [5, 5.41) is 9.89. The molecule has 0 aliphatic carbocycles. The topological polar surface area (TPSA) is 124 Å². The van der Waals surface area contributed by atoms with Crippen molar-refractivity contribution in [1.29, 1.82) is 5.26 Å². The molecule has 4 rings (SSSR count). The van der Waals surface area contributed by atoms with Crippen LogP contribution in [0.3, 0.4) is 0 Å². The molecule has 0 saturated heterocycles. The molecule has 3 aromatic heterocycles. The molecule has 3 aromatic rings. The van der Waals surface area contributed by atoms with Crippen molar-refractivity contribution in [3.05, 3.63) is 91.0 Å². The van der Waals surface area contributed by atoms with Gasteiger partial charge in [0.1, 0.15) is 16.3 Å². The van der Waals surface area contributed by atoms with E-state index in [4.69, 9.17) is 10.5 Å². The Bertz CT molecular complexity index is 1400. The lowest BCUT2D eigenvalue weighted by Gasteiger charge is -2.24. The molecule has 8 nitrogen and oxygen atoms in total. The Morgan fingerprint density at radius 3 is 2.52 bits per heavy atom. The number of nitriles is 1. The minimum atomic E-state index is -0.774. The number of pyridine rings is 2. The number of aromatic nitrogens is 3. The monoisotopic (exact) mass is 431 g/mol. The first-order valence-electron chi connectivity index (χ1n) is 9.41. The summed E-state index contributed by atoms with van der Waals surface area (Å²) in [6, 6.07) is 8.28. The van der Waals surface area contributed by atoms with Gasteiger partial charge in [0.25, 0.3) is 5.56 Å². The second-order valence-corrected chi connectivity index (χ2v) is 7.62. The van der Waals surface area contributed by atoms with E-state index in [0.29, 0.717) is 14.8 Å². The highest BCUT2D eigenvalue weighted by atomic mass is 32.1. The molecule has 1 atom stereocenters. The zero-order valence-corrected chi connectivity index (χ0v) is 17.3. The van der Waals surface area contributed by atoms with E-state index in [1.165, 1.54) is 4.57 Å². The highest BCUT2D eigenvalue weighted by molar-refractivity contribution is 7.07. The minimum absolute atomic E-state index is 0.0134. The van der Waals surface area contributed by atoms with Gasteiger partial charge in [-0.1, -0.05) is 0 Å². The van der Waals surface area contributed by atoms with Crippen LogP contribution in [-0.2, 0) is 9.53 Å². The Labute approximate surface area is 180 Å². The fourth-order valence-corrected chi connectivity index (χ4v) is 4.60. The van der Waals surface area contributed by atoms with Crippen LogP contribution in [0.5, 0.6) is 0 Å². The number of rotatable bonds is 4. The van der Waals surface area contributed by atoms with Gasteiger partial charge in [-0.25, -0.2) is 4.79 Å². The lowest BCUT2D eigenvalue weighted by Crippen LogP contribution is -2.41. The van der Waals surface area contributed by atoms with Gasteiger partial charge in [-0.15, -0.1) is 11.3 Å². The molecule has 4 heterocycles. The summed E-state index contributed by atoms with van der Waals surface area (Å²) < 4.78 is 7.36. The van der Waals surface area contributed by atoms with Crippen molar-refractivity contribution in [3.8, 4) is 6.07 Å². The SMILES string of the molecule is CCOC(=O)C1=c2s/c(=C/c3ccncc3)c(=O)n2[C@H](c2ccncc2)C(C#N)=C1N. The average Bonchev–Trinajstić information content (AvgIpc) is 3.09. The van der Waals surface area contributed by atoms with E-state index in [1.54, 1.807) is 62.1 Å². The normalized spacial score (nSPS) is 16.1. The number of allylic oxidation sites excluding steroid dienone is 1. The number of nitrogens with two attached hydrogens (primary N) is 1. The van der Waals surface area contributed by atoms with Gasteiger partial charge in [0, 0.05) is 24.8 Å². The quantitative estimate of drug-likeness (QED) is 0.599. The van der Waals surface area contributed by atoms with Crippen molar-refractivity contribution in [2.24, 2.45) is 5.73 Å². The van der Waals surface area contributed by atoms with Crippen LogP contribution in [0.25, 0.3) is 11.6 Å². The number of carbonyl (C=O) groups excluding carboxylic acids is 1. The van der Waals surface area contributed by atoms with E-state index in [0.717, 1.165) is 16.9 Å². The van der Waals surface area contributed by atoms with E-state index < -0.39 is 12.0 Å². The van der Waals surface area contributed by atoms with Gasteiger partial charge in [-0.2, -0.15) is 5.26 Å². The largest absolute Gasteiger partial charge is 0.462 e. The van der Waals surface area contributed by atoms with Gasteiger partial charge in [0.05, 0.1) is 28.5 Å². The first kappa shape index (κ1) is 20.3. The maximum atomic E-state index is 13.5. The molecular formula is C22H17N5O3S. The van der Waals surface area contributed by atoms with E-state index in [-0.39, 0.29) is 29.0 Å². The van der Waals surface area contributed by atoms with E-state index in [9.17, 15) is 14.9 Å². The highest BCUT2D eigenvalue weighted by Crippen LogP contribution is 2.30. The van der Waals surface area contributed by atoms with Gasteiger partial charge in [-0.3, -0.25) is 19.3 Å². The summed E-state index contributed by atoms with van der Waals surface area (Å²) in [4.78, 5) is 34.2. The molecule has 2 N–H and O–H groups in total. The molecule has 9 heteroatoms. The molecule has 154 valence electrons. The fraction of sp³-hybridized carbons (Fsp3) is 0.136. The van der Waals surface area contributed by atoms with Crippen molar-refractivity contribution in [2.45, 2.75) is 13.0 Å². The molecule has 31 heavy (non-hydrogen) atoms. The fourth-order valence-electron chi connectivity index (χ4n) is 3.43.